The van der Waals surface area contributed by atoms with Crippen molar-refractivity contribution in [3.05, 3.63) is 53.8 Å². The van der Waals surface area contributed by atoms with Crippen molar-refractivity contribution < 1.29 is 18.7 Å². The van der Waals surface area contributed by atoms with E-state index in [1.807, 2.05) is 12.1 Å². The SMILES string of the molecule is N#CCCN(C(=O)CN1CCN(Cc2ccc3c(c2)OCO3)CC1)c1ccc(F)cc1. The molecule has 0 aromatic heterocycles. The van der Waals surface area contributed by atoms with Crippen molar-refractivity contribution in [3.8, 4) is 17.6 Å². The van der Waals surface area contributed by atoms with Crippen LogP contribution in [0.4, 0.5) is 10.1 Å². The Hall–Kier alpha value is -3.15. The summed E-state index contributed by atoms with van der Waals surface area (Å²) in [7, 11) is 0. The molecule has 1 amide bonds. The van der Waals surface area contributed by atoms with E-state index >= 15 is 0 Å². The van der Waals surface area contributed by atoms with Gasteiger partial charge in [-0.15, -0.1) is 0 Å². The number of hydrogen-bond acceptors (Lipinski definition) is 6. The van der Waals surface area contributed by atoms with E-state index in [0.717, 1.165) is 44.2 Å². The number of nitrogens with zero attached hydrogens (tertiary/aromatic N) is 4. The molecule has 1 fully saturated rings. The Bertz CT molecular complexity index is 952. The van der Waals surface area contributed by atoms with Crippen molar-refractivity contribution in [1.82, 2.24) is 9.80 Å². The molecule has 31 heavy (non-hydrogen) atoms. The Kier molecular flexibility index (Phi) is 6.65. The standard InChI is InChI=1S/C23H25FN4O3/c24-19-3-5-20(6-4-19)28(9-1-8-25)23(29)16-27-12-10-26(11-13-27)15-18-2-7-21-22(14-18)31-17-30-21/h2-7,14H,1,9-13,15-17H2. The molecule has 0 bridgehead atoms. The van der Waals surface area contributed by atoms with Crippen LogP contribution in [0, 0.1) is 17.1 Å². The van der Waals surface area contributed by atoms with E-state index in [4.69, 9.17) is 14.7 Å². The van der Waals surface area contributed by atoms with E-state index in [1.165, 1.54) is 17.7 Å². The van der Waals surface area contributed by atoms with E-state index in [1.54, 1.807) is 17.0 Å². The van der Waals surface area contributed by atoms with Gasteiger partial charge < -0.3 is 14.4 Å². The lowest BCUT2D eigenvalue weighted by Crippen LogP contribution is -2.50. The minimum Gasteiger partial charge on any atom is -0.454 e. The van der Waals surface area contributed by atoms with Gasteiger partial charge in [0, 0.05) is 45.0 Å². The molecule has 2 aromatic rings. The lowest BCUT2D eigenvalue weighted by atomic mass is 10.1. The number of carbonyl (C=O) groups excluding carboxylic acids is 1. The number of anilines is 1. The maximum atomic E-state index is 13.3. The number of benzene rings is 2. The summed E-state index contributed by atoms with van der Waals surface area (Å²) in [4.78, 5) is 19.0. The molecule has 7 nitrogen and oxygen atoms in total. The van der Waals surface area contributed by atoms with Crippen LogP contribution < -0.4 is 14.4 Å². The summed E-state index contributed by atoms with van der Waals surface area (Å²) in [5.74, 6) is 1.15. The first-order valence-electron chi connectivity index (χ1n) is 10.4. The Morgan fingerprint density at radius 2 is 1.74 bits per heavy atom. The maximum absolute atomic E-state index is 13.3. The van der Waals surface area contributed by atoms with Crippen molar-refractivity contribution >= 4 is 11.6 Å². The van der Waals surface area contributed by atoms with Crippen LogP contribution in [0.2, 0.25) is 0 Å². The van der Waals surface area contributed by atoms with Crippen LogP contribution >= 0.6 is 0 Å². The molecular weight excluding hydrogens is 399 g/mol. The van der Waals surface area contributed by atoms with E-state index in [2.05, 4.69) is 21.9 Å². The third-order valence-electron chi connectivity index (χ3n) is 5.55. The molecule has 2 aromatic carbocycles. The fourth-order valence-electron chi connectivity index (χ4n) is 3.86. The lowest BCUT2D eigenvalue weighted by Gasteiger charge is -2.35. The molecule has 2 aliphatic rings. The van der Waals surface area contributed by atoms with E-state index < -0.39 is 0 Å². The molecule has 1 saturated heterocycles. The van der Waals surface area contributed by atoms with Crippen LogP contribution in [-0.4, -0.2) is 61.8 Å². The quantitative estimate of drug-likeness (QED) is 0.681. The molecule has 4 rings (SSSR count). The van der Waals surface area contributed by atoms with Crippen molar-refractivity contribution in [2.24, 2.45) is 0 Å². The van der Waals surface area contributed by atoms with Crippen LogP contribution in [0.1, 0.15) is 12.0 Å². The highest BCUT2D eigenvalue weighted by atomic mass is 19.1. The Morgan fingerprint density at radius 1 is 1.03 bits per heavy atom. The number of fused-ring (bicyclic) bond motifs is 1. The fraction of sp³-hybridized carbons (Fsp3) is 0.391. The summed E-state index contributed by atoms with van der Waals surface area (Å²) in [5, 5.41) is 8.93. The van der Waals surface area contributed by atoms with Gasteiger partial charge in [0.1, 0.15) is 5.82 Å². The van der Waals surface area contributed by atoms with Crippen molar-refractivity contribution in [2.45, 2.75) is 13.0 Å². The van der Waals surface area contributed by atoms with Crippen molar-refractivity contribution in [2.75, 3.05) is 51.0 Å². The minimum atomic E-state index is -0.352. The van der Waals surface area contributed by atoms with Crippen molar-refractivity contribution in [3.63, 3.8) is 0 Å². The Morgan fingerprint density at radius 3 is 2.48 bits per heavy atom. The topological polar surface area (TPSA) is 69.0 Å². The first kappa shape index (κ1) is 21.1. The number of rotatable bonds is 7. The maximum Gasteiger partial charge on any atom is 0.241 e. The molecule has 0 atom stereocenters. The normalized spacial score (nSPS) is 16.1. The zero-order valence-corrected chi connectivity index (χ0v) is 17.3. The van der Waals surface area contributed by atoms with Gasteiger partial charge in [-0.25, -0.2) is 4.39 Å². The van der Waals surface area contributed by atoms with Gasteiger partial charge in [-0.3, -0.25) is 14.6 Å². The molecule has 2 heterocycles. The largest absolute Gasteiger partial charge is 0.454 e. The number of ether oxygens (including phenoxy) is 2. The monoisotopic (exact) mass is 424 g/mol. The Balaban J connectivity index is 1.30. The van der Waals surface area contributed by atoms with Gasteiger partial charge in [-0.1, -0.05) is 6.07 Å². The van der Waals surface area contributed by atoms with Gasteiger partial charge in [0.05, 0.1) is 19.0 Å². The third kappa shape index (κ3) is 5.32. The van der Waals surface area contributed by atoms with E-state index in [0.29, 0.717) is 12.2 Å². The molecule has 8 heteroatoms. The minimum absolute atomic E-state index is 0.0777. The number of halogens is 1. The summed E-state index contributed by atoms with van der Waals surface area (Å²) in [6, 6.07) is 13.9. The predicted octanol–water partition coefficient (Wildman–Crippen LogP) is 2.62. The number of piperazine rings is 1. The van der Waals surface area contributed by atoms with Gasteiger partial charge in [-0.2, -0.15) is 5.26 Å². The second-order valence-electron chi connectivity index (χ2n) is 7.67. The van der Waals surface area contributed by atoms with Gasteiger partial charge in [0.15, 0.2) is 11.5 Å². The average molecular weight is 424 g/mol. The zero-order chi connectivity index (χ0) is 21.6. The third-order valence-corrected chi connectivity index (χ3v) is 5.55. The van der Waals surface area contributed by atoms with Gasteiger partial charge in [0.2, 0.25) is 12.7 Å². The number of hydrogen-bond donors (Lipinski definition) is 0. The first-order valence-corrected chi connectivity index (χ1v) is 10.4. The van der Waals surface area contributed by atoms with Crippen LogP contribution in [0.15, 0.2) is 42.5 Å². The second kappa shape index (κ2) is 9.77. The van der Waals surface area contributed by atoms with Gasteiger partial charge >= 0.3 is 0 Å². The molecule has 0 unspecified atom stereocenters. The van der Waals surface area contributed by atoms with Crippen LogP contribution in [-0.2, 0) is 11.3 Å². The highest BCUT2D eigenvalue weighted by molar-refractivity contribution is 5.94. The van der Waals surface area contributed by atoms with Crippen LogP contribution in [0.3, 0.4) is 0 Å². The summed E-state index contributed by atoms with van der Waals surface area (Å²) in [6.45, 7) is 4.95. The molecule has 0 spiro atoms. The molecule has 0 N–H and O–H groups in total. The fourth-order valence-corrected chi connectivity index (χ4v) is 3.86. The summed E-state index contributed by atoms with van der Waals surface area (Å²) in [5.41, 5.74) is 1.79. The second-order valence-corrected chi connectivity index (χ2v) is 7.67. The summed E-state index contributed by atoms with van der Waals surface area (Å²) in [6.07, 6.45) is 0.229. The molecule has 162 valence electrons. The highest BCUT2D eigenvalue weighted by Crippen LogP contribution is 2.32. The number of amides is 1. The average Bonchev–Trinajstić information content (AvgIpc) is 3.24. The number of carbonyl (C=O) groups is 1. The zero-order valence-electron chi connectivity index (χ0n) is 17.3. The number of nitriles is 1. The Labute approximate surface area is 181 Å². The first-order chi connectivity index (χ1) is 15.1. The highest BCUT2D eigenvalue weighted by Gasteiger charge is 2.23. The molecular formula is C23H25FN4O3. The van der Waals surface area contributed by atoms with Crippen LogP contribution in [0.25, 0.3) is 0 Å². The summed E-state index contributed by atoms with van der Waals surface area (Å²) < 4.78 is 24.1. The van der Waals surface area contributed by atoms with E-state index in [-0.39, 0.29) is 31.5 Å². The van der Waals surface area contributed by atoms with Gasteiger partial charge in [-0.05, 0) is 42.0 Å². The molecule has 0 radical (unpaired) electrons. The molecule has 0 aliphatic carbocycles. The smallest absolute Gasteiger partial charge is 0.241 e. The molecule has 0 saturated carbocycles. The lowest BCUT2D eigenvalue weighted by molar-refractivity contribution is -0.120. The van der Waals surface area contributed by atoms with E-state index in [9.17, 15) is 9.18 Å². The molecule has 2 aliphatic heterocycles. The van der Waals surface area contributed by atoms with Crippen molar-refractivity contribution in [1.29, 1.82) is 5.26 Å². The predicted molar refractivity (Wildman–Crippen MR) is 113 cm³/mol. The summed E-state index contributed by atoms with van der Waals surface area (Å²) >= 11 is 0. The van der Waals surface area contributed by atoms with Crippen LogP contribution in [0.5, 0.6) is 11.5 Å². The van der Waals surface area contributed by atoms with Gasteiger partial charge in [0.25, 0.3) is 0 Å².